The minimum atomic E-state index is -1.23. The molecule has 3 aromatic rings. The van der Waals surface area contributed by atoms with Gasteiger partial charge in [-0.15, -0.1) is 0 Å². The number of urea groups is 1. The van der Waals surface area contributed by atoms with Gasteiger partial charge < -0.3 is 5.32 Å². The van der Waals surface area contributed by atoms with Gasteiger partial charge in [0.15, 0.2) is 5.16 Å². The van der Waals surface area contributed by atoms with E-state index in [1.54, 1.807) is 31.2 Å². The largest absolute Gasteiger partial charge is 0.344 e. The van der Waals surface area contributed by atoms with E-state index in [9.17, 15) is 14.4 Å². The Morgan fingerprint density at radius 3 is 2.47 bits per heavy atom. The summed E-state index contributed by atoms with van der Waals surface area (Å²) in [6.07, 6.45) is 4.10. The van der Waals surface area contributed by atoms with Gasteiger partial charge in [-0.05, 0) is 50.3 Å². The van der Waals surface area contributed by atoms with Gasteiger partial charge in [0.2, 0.25) is 5.91 Å². The lowest BCUT2D eigenvalue weighted by atomic mass is 9.92. The van der Waals surface area contributed by atoms with E-state index < -0.39 is 23.4 Å². The summed E-state index contributed by atoms with van der Waals surface area (Å²) < 4.78 is 2.12. The number of hydrogen-bond acceptors (Lipinski definition) is 5. The zero-order chi connectivity index (χ0) is 23.7. The molecule has 34 heavy (non-hydrogen) atoms. The minimum Gasteiger partial charge on any atom is -0.318 e. The Kier molecular flexibility index (Phi) is 5.87. The summed E-state index contributed by atoms with van der Waals surface area (Å²) in [6, 6.07) is 18.3. The first-order chi connectivity index (χ1) is 16.5. The summed E-state index contributed by atoms with van der Waals surface area (Å²) in [5.74, 6) is -0.961. The van der Waals surface area contributed by atoms with Crippen molar-refractivity contribution in [2.45, 2.75) is 43.3 Å². The lowest BCUT2D eigenvalue weighted by Crippen LogP contribution is -2.48. The Morgan fingerprint density at radius 1 is 1.06 bits per heavy atom. The highest BCUT2D eigenvalue weighted by atomic mass is 32.2. The second-order valence-electron chi connectivity index (χ2n) is 8.55. The molecule has 2 aliphatic rings. The van der Waals surface area contributed by atoms with E-state index >= 15 is 0 Å². The number of thioether (sulfide) groups is 1. The van der Waals surface area contributed by atoms with Crippen molar-refractivity contribution >= 4 is 29.6 Å². The number of benzene rings is 2. The average molecular weight is 476 g/mol. The standard InChI is InChI=1S/C25H25N5O3S/c1-25(17-10-4-2-5-11-17)22(32)30(23(33)27-25)28-21(31)16-34-24-26-19-14-8-9-15-20(19)29(24)18-12-6-3-7-13-18/h2-7,10-13H,8-9,14-16H2,1H3,(H,27,33)(H,28,31)/t25-/m1/s1. The molecule has 0 unspecified atom stereocenters. The van der Waals surface area contributed by atoms with Gasteiger partial charge >= 0.3 is 6.03 Å². The molecule has 1 aliphatic heterocycles. The highest BCUT2D eigenvalue weighted by molar-refractivity contribution is 7.99. The van der Waals surface area contributed by atoms with E-state index in [1.165, 1.54) is 17.5 Å². The molecule has 1 aliphatic carbocycles. The fraction of sp³-hybridized carbons (Fsp3) is 0.280. The first-order valence-corrected chi connectivity index (χ1v) is 12.3. The van der Waals surface area contributed by atoms with Gasteiger partial charge in [0.05, 0.1) is 11.4 Å². The molecular formula is C25H25N5O3S. The molecule has 5 rings (SSSR count). The van der Waals surface area contributed by atoms with Gasteiger partial charge in [0.25, 0.3) is 5.91 Å². The Hall–Kier alpha value is -3.59. The summed E-state index contributed by atoms with van der Waals surface area (Å²) in [6.45, 7) is 1.63. The van der Waals surface area contributed by atoms with Crippen molar-refractivity contribution in [3.8, 4) is 5.69 Å². The molecule has 9 heteroatoms. The van der Waals surface area contributed by atoms with E-state index in [4.69, 9.17) is 4.98 Å². The van der Waals surface area contributed by atoms with Crippen LogP contribution in [-0.4, -0.2) is 38.2 Å². The lowest BCUT2D eigenvalue weighted by molar-refractivity contribution is -0.138. The number of carbonyl (C=O) groups excluding carboxylic acids is 3. The zero-order valence-corrected chi connectivity index (χ0v) is 19.6. The second kappa shape index (κ2) is 8.98. The summed E-state index contributed by atoms with van der Waals surface area (Å²) in [7, 11) is 0. The minimum absolute atomic E-state index is 0.0157. The number of nitrogens with zero attached hydrogens (tertiary/aromatic N) is 3. The van der Waals surface area contributed by atoms with E-state index in [-0.39, 0.29) is 5.75 Å². The maximum Gasteiger partial charge on any atom is 0.344 e. The van der Waals surface area contributed by atoms with Gasteiger partial charge in [-0.1, -0.05) is 60.3 Å². The zero-order valence-electron chi connectivity index (χ0n) is 18.8. The van der Waals surface area contributed by atoms with Crippen molar-refractivity contribution in [3.05, 3.63) is 77.6 Å². The van der Waals surface area contributed by atoms with Crippen LogP contribution in [0.25, 0.3) is 5.69 Å². The Bertz CT molecular complexity index is 1240. The Labute approximate surface area is 201 Å². The molecule has 2 aromatic carbocycles. The summed E-state index contributed by atoms with van der Waals surface area (Å²) in [5.41, 5.74) is 5.15. The third kappa shape index (κ3) is 3.96. The first-order valence-electron chi connectivity index (χ1n) is 11.3. The number of imide groups is 1. The number of fused-ring (bicyclic) bond motifs is 1. The number of aryl methyl sites for hydroxylation is 1. The Balaban J connectivity index is 1.31. The summed E-state index contributed by atoms with van der Waals surface area (Å²) >= 11 is 1.30. The van der Waals surface area contributed by atoms with E-state index in [2.05, 4.69) is 15.3 Å². The van der Waals surface area contributed by atoms with E-state index in [0.717, 1.165) is 47.2 Å². The normalized spacial score (nSPS) is 19.6. The number of nitrogens with one attached hydrogen (secondary N) is 2. The van der Waals surface area contributed by atoms with Crippen molar-refractivity contribution < 1.29 is 14.4 Å². The monoisotopic (exact) mass is 475 g/mol. The van der Waals surface area contributed by atoms with Gasteiger partial charge in [-0.2, -0.15) is 5.01 Å². The van der Waals surface area contributed by atoms with Crippen molar-refractivity contribution in [3.63, 3.8) is 0 Å². The molecule has 1 aromatic heterocycles. The number of carbonyl (C=O) groups is 3. The molecule has 0 bridgehead atoms. The summed E-state index contributed by atoms with van der Waals surface area (Å²) in [5, 5.41) is 4.19. The maximum atomic E-state index is 13.0. The van der Waals surface area contributed by atoms with Crippen LogP contribution < -0.4 is 10.7 Å². The number of aromatic nitrogens is 2. The molecule has 1 fully saturated rings. The van der Waals surface area contributed by atoms with E-state index in [1.807, 2.05) is 36.4 Å². The van der Waals surface area contributed by atoms with Gasteiger partial charge in [-0.25, -0.2) is 9.78 Å². The molecule has 0 radical (unpaired) electrons. The van der Waals surface area contributed by atoms with Crippen LogP contribution >= 0.6 is 11.8 Å². The van der Waals surface area contributed by atoms with Crippen LogP contribution in [0.5, 0.6) is 0 Å². The van der Waals surface area contributed by atoms with Crippen LogP contribution in [0.1, 0.15) is 36.7 Å². The molecule has 174 valence electrons. The molecule has 1 atom stereocenters. The quantitative estimate of drug-likeness (QED) is 0.421. The maximum absolute atomic E-state index is 13.0. The van der Waals surface area contributed by atoms with Crippen molar-refractivity contribution in [1.82, 2.24) is 25.3 Å². The van der Waals surface area contributed by atoms with Crippen LogP contribution in [0.4, 0.5) is 4.79 Å². The van der Waals surface area contributed by atoms with Crippen molar-refractivity contribution in [2.75, 3.05) is 5.75 Å². The smallest absolute Gasteiger partial charge is 0.318 e. The average Bonchev–Trinajstić information content (AvgIpc) is 3.34. The van der Waals surface area contributed by atoms with Gasteiger partial charge in [0, 0.05) is 11.4 Å². The molecular weight excluding hydrogens is 450 g/mol. The van der Waals surface area contributed by atoms with Gasteiger partial charge in [-0.3, -0.25) is 19.6 Å². The molecule has 8 nitrogen and oxygen atoms in total. The SMILES string of the molecule is C[C@]1(c2ccccc2)NC(=O)N(NC(=O)CSc2nc3c(n2-c2ccccc2)CCCC3)C1=O. The number of rotatable bonds is 6. The van der Waals surface area contributed by atoms with Crippen LogP contribution in [0.15, 0.2) is 65.8 Å². The Morgan fingerprint density at radius 2 is 1.74 bits per heavy atom. The number of imidazole rings is 1. The highest BCUT2D eigenvalue weighted by Crippen LogP contribution is 2.31. The lowest BCUT2D eigenvalue weighted by Gasteiger charge is -2.22. The predicted octanol–water partition coefficient (Wildman–Crippen LogP) is 3.34. The molecule has 2 heterocycles. The second-order valence-corrected chi connectivity index (χ2v) is 9.49. The van der Waals surface area contributed by atoms with E-state index in [0.29, 0.717) is 5.56 Å². The predicted molar refractivity (Wildman–Crippen MR) is 128 cm³/mol. The van der Waals surface area contributed by atoms with Crippen molar-refractivity contribution in [1.29, 1.82) is 0 Å². The summed E-state index contributed by atoms with van der Waals surface area (Å²) in [4.78, 5) is 43.1. The topological polar surface area (TPSA) is 96.3 Å². The number of hydrazine groups is 1. The molecule has 4 amide bonds. The molecule has 2 N–H and O–H groups in total. The van der Waals surface area contributed by atoms with Crippen LogP contribution in [-0.2, 0) is 28.0 Å². The molecule has 1 saturated heterocycles. The van der Waals surface area contributed by atoms with Crippen molar-refractivity contribution in [2.24, 2.45) is 0 Å². The highest BCUT2D eigenvalue weighted by Gasteiger charge is 2.49. The number of hydrogen-bond donors (Lipinski definition) is 2. The molecule has 0 saturated carbocycles. The van der Waals surface area contributed by atoms with Gasteiger partial charge in [0.1, 0.15) is 5.54 Å². The number of para-hydroxylation sites is 1. The fourth-order valence-electron chi connectivity index (χ4n) is 4.45. The third-order valence-corrected chi connectivity index (χ3v) is 7.17. The number of amides is 4. The molecule has 0 spiro atoms. The fourth-order valence-corrected chi connectivity index (χ4v) is 5.29. The van der Waals surface area contributed by atoms with Crippen LogP contribution in [0.3, 0.4) is 0 Å². The van der Waals surface area contributed by atoms with Crippen LogP contribution in [0.2, 0.25) is 0 Å². The third-order valence-electron chi connectivity index (χ3n) is 6.23. The first kappa shape index (κ1) is 22.2. The van der Waals surface area contributed by atoms with Crippen LogP contribution in [0, 0.1) is 0 Å².